The Hall–Kier alpha value is -1.12. The lowest BCUT2D eigenvalue weighted by Crippen LogP contribution is -2.17. The van der Waals surface area contributed by atoms with E-state index >= 15 is 0 Å². The van der Waals surface area contributed by atoms with Crippen LogP contribution in [0.1, 0.15) is 56.6 Å². The number of hydrogen-bond donors (Lipinski definition) is 1. The van der Waals surface area contributed by atoms with Crippen LogP contribution in [0.25, 0.3) is 0 Å². The van der Waals surface area contributed by atoms with Gasteiger partial charge in [-0.25, -0.2) is 9.97 Å². The molecule has 1 aromatic heterocycles. The summed E-state index contributed by atoms with van der Waals surface area (Å²) in [5.41, 5.74) is 2.43. The van der Waals surface area contributed by atoms with Gasteiger partial charge in [0.2, 0.25) is 0 Å². The molecule has 1 heterocycles. The van der Waals surface area contributed by atoms with Crippen LogP contribution in [0.15, 0.2) is 0 Å². The summed E-state index contributed by atoms with van der Waals surface area (Å²) < 4.78 is 0. The predicted molar refractivity (Wildman–Crippen MR) is 76.0 cm³/mol. The number of nitrogens with one attached hydrogen (secondary N) is 1. The first kappa shape index (κ1) is 13.3. The molecule has 1 saturated carbocycles. The van der Waals surface area contributed by atoms with Gasteiger partial charge in [-0.05, 0) is 25.7 Å². The molecule has 100 valence electrons. The fraction of sp³-hybridized carbons (Fsp3) is 0.733. The van der Waals surface area contributed by atoms with Crippen molar-refractivity contribution in [3.8, 4) is 0 Å². The van der Waals surface area contributed by atoms with Crippen molar-refractivity contribution in [1.29, 1.82) is 0 Å². The molecule has 2 rings (SSSR count). The molecule has 3 nitrogen and oxygen atoms in total. The number of anilines is 1. The molecule has 0 spiro atoms. The second-order valence-electron chi connectivity index (χ2n) is 5.34. The van der Waals surface area contributed by atoms with Gasteiger partial charge in [0, 0.05) is 24.2 Å². The Balaban J connectivity index is 2.17. The van der Waals surface area contributed by atoms with Gasteiger partial charge in [0.25, 0.3) is 0 Å². The Morgan fingerprint density at radius 2 is 2.00 bits per heavy atom. The van der Waals surface area contributed by atoms with Gasteiger partial charge in [-0.1, -0.05) is 33.1 Å². The third-order valence-electron chi connectivity index (χ3n) is 3.87. The van der Waals surface area contributed by atoms with E-state index in [0.717, 1.165) is 43.4 Å². The van der Waals surface area contributed by atoms with E-state index in [9.17, 15) is 0 Å². The maximum atomic E-state index is 4.73. The lowest BCUT2D eigenvalue weighted by Gasteiger charge is -2.25. The van der Waals surface area contributed by atoms with Gasteiger partial charge in [0.1, 0.15) is 11.6 Å². The average Bonchev–Trinajstić information content (AvgIpc) is 2.33. The summed E-state index contributed by atoms with van der Waals surface area (Å²) in [7, 11) is 0. The van der Waals surface area contributed by atoms with Crippen LogP contribution < -0.4 is 5.32 Å². The second kappa shape index (κ2) is 6.17. The van der Waals surface area contributed by atoms with E-state index in [2.05, 4.69) is 26.1 Å². The van der Waals surface area contributed by atoms with E-state index in [4.69, 9.17) is 9.97 Å². The molecular weight excluding hydrogens is 222 g/mol. The molecule has 3 heteroatoms. The first-order chi connectivity index (χ1) is 8.74. The van der Waals surface area contributed by atoms with Crippen LogP contribution in [0.4, 0.5) is 5.82 Å². The van der Waals surface area contributed by atoms with Crippen molar-refractivity contribution in [3.05, 3.63) is 17.1 Å². The number of aryl methyl sites for hydroxylation is 1. The van der Waals surface area contributed by atoms with Gasteiger partial charge in [0.05, 0.1) is 0 Å². The molecule has 1 aliphatic carbocycles. The van der Waals surface area contributed by atoms with E-state index in [1.165, 1.54) is 30.5 Å². The molecule has 0 bridgehead atoms. The van der Waals surface area contributed by atoms with Gasteiger partial charge in [0.15, 0.2) is 0 Å². The molecule has 0 aliphatic heterocycles. The molecule has 1 fully saturated rings. The van der Waals surface area contributed by atoms with Gasteiger partial charge in [-0.2, -0.15) is 0 Å². The summed E-state index contributed by atoms with van der Waals surface area (Å²) in [6, 6.07) is 0. The van der Waals surface area contributed by atoms with Crippen molar-refractivity contribution in [2.45, 2.75) is 59.3 Å². The SMILES string of the molecule is CCCNc1nc(CC2CCC2)nc(CC)c1C. The molecule has 0 atom stereocenters. The van der Waals surface area contributed by atoms with E-state index < -0.39 is 0 Å². The van der Waals surface area contributed by atoms with E-state index in [1.807, 2.05) is 0 Å². The van der Waals surface area contributed by atoms with Gasteiger partial charge in [-0.3, -0.25) is 0 Å². The van der Waals surface area contributed by atoms with Gasteiger partial charge < -0.3 is 5.32 Å². The van der Waals surface area contributed by atoms with Crippen LogP contribution in [0.5, 0.6) is 0 Å². The Kier molecular flexibility index (Phi) is 4.56. The normalized spacial score (nSPS) is 15.5. The number of aromatic nitrogens is 2. The molecular formula is C15H25N3. The third-order valence-corrected chi connectivity index (χ3v) is 3.87. The van der Waals surface area contributed by atoms with Crippen LogP contribution >= 0.6 is 0 Å². The zero-order valence-electron chi connectivity index (χ0n) is 11.9. The fourth-order valence-electron chi connectivity index (χ4n) is 2.42. The largest absolute Gasteiger partial charge is 0.370 e. The van der Waals surface area contributed by atoms with Crippen molar-refractivity contribution in [3.63, 3.8) is 0 Å². The number of hydrogen-bond acceptors (Lipinski definition) is 3. The molecule has 18 heavy (non-hydrogen) atoms. The van der Waals surface area contributed by atoms with Crippen LogP contribution in [-0.2, 0) is 12.8 Å². The van der Waals surface area contributed by atoms with Crippen molar-refractivity contribution in [2.75, 3.05) is 11.9 Å². The standard InChI is InChI=1S/C15H25N3/c1-4-9-16-15-11(3)13(5-2)17-14(18-15)10-12-7-6-8-12/h12H,4-10H2,1-3H3,(H,16,17,18). The Morgan fingerprint density at radius 3 is 2.56 bits per heavy atom. The molecule has 1 aromatic rings. The van der Waals surface area contributed by atoms with Crippen LogP contribution in [-0.4, -0.2) is 16.5 Å². The quantitative estimate of drug-likeness (QED) is 0.836. The monoisotopic (exact) mass is 247 g/mol. The summed E-state index contributed by atoms with van der Waals surface area (Å²) in [5, 5.41) is 3.44. The van der Waals surface area contributed by atoms with Crippen molar-refractivity contribution in [1.82, 2.24) is 9.97 Å². The van der Waals surface area contributed by atoms with Gasteiger partial charge in [-0.15, -0.1) is 0 Å². The summed E-state index contributed by atoms with van der Waals surface area (Å²) >= 11 is 0. The van der Waals surface area contributed by atoms with E-state index in [-0.39, 0.29) is 0 Å². The maximum absolute atomic E-state index is 4.73. The summed E-state index contributed by atoms with van der Waals surface area (Å²) in [6.45, 7) is 7.47. The molecule has 0 aromatic carbocycles. The predicted octanol–water partition coefficient (Wildman–Crippen LogP) is 3.51. The zero-order valence-corrected chi connectivity index (χ0v) is 11.9. The Morgan fingerprint density at radius 1 is 1.22 bits per heavy atom. The van der Waals surface area contributed by atoms with Crippen LogP contribution in [0.3, 0.4) is 0 Å². The topological polar surface area (TPSA) is 37.8 Å². The zero-order chi connectivity index (χ0) is 13.0. The van der Waals surface area contributed by atoms with E-state index in [1.54, 1.807) is 0 Å². The fourth-order valence-corrected chi connectivity index (χ4v) is 2.42. The van der Waals surface area contributed by atoms with E-state index in [0.29, 0.717) is 0 Å². The van der Waals surface area contributed by atoms with Crippen molar-refractivity contribution in [2.24, 2.45) is 5.92 Å². The third kappa shape index (κ3) is 3.01. The van der Waals surface area contributed by atoms with Crippen LogP contribution in [0, 0.1) is 12.8 Å². The minimum atomic E-state index is 0.830. The number of nitrogens with zero attached hydrogens (tertiary/aromatic N) is 2. The molecule has 0 radical (unpaired) electrons. The highest BCUT2D eigenvalue weighted by Gasteiger charge is 2.20. The van der Waals surface area contributed by atoms with Crippen molar-refractivity contribution < 1.29 is 0 Å². The Labute approximate surface area is 110 Å². The van der Waals surface area contributed by atoms with Crippen LogP contribution in [0.2, 0.25) is 0 Å². The molecule has 1 aliphatic rings. The Bertz CT molecular complexity index is 397. The lowest BCUT2D eigenvalue weighted by atomic mass is 9.83. The first-order valence-corrected chi connectivity index (χ1v) is 7.34. The lowest BCUT2D eigenvalue weighted by molar-refractivity contribution is 0.309. The van der Waals surface area contributed by atoms with Gasteiger partial charge >= 0.3 is 0 Å². The highest BCUT2D eigenvalue weighted by Crippen LogP contribution is 2.29. The molecule has 0 unspecified atom stereocenters. The average molecular weight is 247 g/mol. The smallest absolute Gasteiger partial charge is 0.132 e. The first-order valence-electron chi connectivity index (χ1n) is 7.34. The van der Waals surface area contributed by atoms with Crippen molar-refractivity contribution >= 4 is 5.82 Å². The second-order valence-corrected chi connectivity index (χ2v) is 5.34. The summed E-state index contributed by atoms with van der Waals surface area (Å²) in [6.07, 6.45) is 7.29. The molecule has 0 saturated heterocycles. The summed E-state index contributed by atoms with van der Waals surface area (Å²) in [5.74, 6) is 2.93. The highest BCUT2D eigenvalue weighted by molar-refractivity contribution is 5.45. The molecule has 0 amide bonds. The maximum Gasteiger partial charge on any atom is 0.132 e. The minimum absolute atomic E-state index is 0.830. The number of rotatable bonds is 6. The summed E-state index contributed by atoms with van der Waals surface area (Å²) in [4.78, 5) is 9.45. The highest BCUT2D eigenvalue weighted by atomic mass is 15.0. The minimum Gasteiger partial charge on any atom is -0.370 e. The molecule has 1 N–H and O–H groups in total.